The van der Waals surface area contributed by atoms with Crippen molar-refractivity contribution in [2.24, 2.45) is 0 Å². The molecule has 27 heavy (non-hydrogen) atoms. The fourth-order valence-electron chi connectivity index (χ4n) is 2.59. The van der Waals surface area contributed by atoms with Gasteiger partial charge in [0.15, 0.2) is 26.5 Å². The van der Waals surface area contributed by atoms with Crippen LogP contribution >= 0.6 is 46.3 Å². The Hall–Kier alpha value is -2.05. The highest BCUT2D eigenvalue weighted by atomic mass is 35.5. The number of hydrogen-bond acceptors (Lipinski definition) is 7. The molecule has 0 saturated carbocycles. The molecule has 3 heterocycles. The largest absolute Gasteiger partial charge is 0.382 e. The highest BCUT2D eigenvalue weighted by molar-refractivity contribution is 8.01. The van der Waals surface area contributed by atoms with E-state index in [-0.39, 0.29) is 0 Å². The zero-order valence-corrected chi connectivity index (χ0v) is 17.0. The topological polar surface area (TPSA) is 82.5 Å². The molecule has 0 bridgehead atoms. The summed E-state index contributed by atoms with van der Waals surface area (Å²) in [5.74, 6) is 3.00. The number of rotatable bonds is 5. The van der Waals surface area contributed by atoms with Gasteiger partial charge in [-0.15, -0.1) is 23.7 Å². The molecule has 0 fully saturated rings. The summed E-state index contributed by atoms with van der Waals surface area (Å²) in [5, 5.41) is 1.75. The van der Waals surface area contributed by atoms with Gasteiger partial charge >= 0.3 is 0 Å². The van der Waals surface area contributed by atoms with Crippen LogP contribution in [-0.4, -0.2) is 24.5 Å². The van der Waals surface area contributed by atoms with Crippen molar-refractivity contribution in [1.29, 1.82) is 0 Å². The molecule has 0 amide bonds. The lowest BCUT2D eigenvalue weighted by Gasteiger charge is -2.05. The molecule has 0 radical (unpaired) electrons. The first-order chi connectivity index (χ1) is 13.1. The number of imidazole rings is 1. The quantitative estimate of drug-likeness (QED) is 0.355. The van der Waals surface area contributed by atoms with Crippen molar-refractivity contribution in [3.63, 3.8) is 0 Å². The smallest absolute Gasteiger partial charge is 0.177 e. The van der Waals surface area contributed by atoms with E-state index < -0.39 is 0 Å². The molecule has 0 unspecified atom stereocenters. The lowest BCUT2D eigenvalue weighted by atomic mass is 10.3. The lowest BCUT2D eigenvalue weighted by Crippen LogP contribution is -2.01. The lowest BCUT2D eigenvalue weighted by molar-refractivity contribution is 0.615. The van der Waals surface area contributed by atoms with Crippen LogP contribution in [0, 0.1) is 12.3 Å². The summed E-state index contributed by atoms with van der Waals surface area (Å²) in [4.78, 5) is 17.6. The zero-order valence-electron chi connectivity index (χ0n) is 13.8. The van der Waals surface area contributed by atoms with Gasteiger partial charge in [0.2, 0.25) is 0 Å². The number of halogens is 2. The molecule has 3 aromatic heterocycles. The predicted molar refractivity (Wildman–Crippen MR) is 112 cm³/mol. The molecule has 0 aliphatic carbocycles. The molecule has 0 saturated heterocycles. The van der Waals surface area contributed by atoms with Gasteiger partial charge in [0.1, 0.15) is 6.33 Å². The van der Waals surface area contributed by atoms with E-state index in [1.165, 1.54) is 29.4 Å². The molecule has 0 aliphatic rings. The van der Waals surface area contributed by atoms with Gasteiger partial charge in [-0.2, -0.15) is 0 Å². The summed E-state index contributed by atoms with van der Waals surface area (Å²) in [5.41, 5.74) is 8.02. The summed E-state index contributed by atoms with van der Waals surface area (Å²) in [6.45, 7) is 0.678. The number of unbranched alkanes of at least 4 members (excludes halogenated alkanes) is 1. The molecular weight excluding hydrogens is 423 g/mol. The predicted octanol–water partition coefficient (Wildman–Crippen LogP) is 4.89. The number of fused-ring (bicyclic) bond motifs is 2. The van der Waals surface area contributed by atoms with Gasteiger partial charge in [0.05, 0.1) is 20.3 Å². The van der Waals surface area contributed by atoms with E-state index in [0.717, 1.165) is 26.1 Å². The molecule has 10 heteroatoms. The summed E-state index contributed by atoms with van der Waals surface area (Å²) in [7, 11) is 0. The van der Waals surface area contributed by atoms with Crippen molar-refractivity contribution in [3.8, 4) is 12.3 Å². The van der Waals surface area contributed by atoms with Crippen LogP contribution in [-0.2, 0) is 6.54 Å². The van der Waals surface area contributed by atoms with E-state index >= 15 is 0 Å². The number of aromatic nitrogens is 5. The first-order valence-electron chi connectivity index (χ1n) is 7.91. The molecule has 4 aromatic rings. The molecule has 2 N–H and O–H groups in total. The molecule has 4 rings (SSSR count). The van der Waals surface area contributed by atoms with E-state index in [0.29, 0.717) is 40.0 Å². The third-order valence-electron chi connectivity index (χ3n) is 3.84. The summed E-state index contributed by atoms with van der Waals surface area (Å²) in [6, 6.07) is 3.59. The minimum absolute atomic E-state index is 0.344. The van der Waals surface area contributed by atoms with Crippen molar-refractivity contribution in [2.45, 2.75) is 28.9 Å². The fraction of sp³-hybridized carbons (Fsp3) is 0.176. The number of aryl methyl sites for hydroxylation is 1. The Balaban J connectivity index is 1.77. The Morgan fingerprint density at radius 1 is 1.26 bits per heavy atom. The van der Waals surface area contributed by atoms with Gasteiger partial charge in [-0.3, -0.25) is 0 Å². The molecule has 0 aliphatic heterocycles. The van der Waals surface area contributed by atoms with Crippen LogP contribution in [0.1, 0.15) is 12.8 Å². The number of benzene rings is 1. The van der Waals surface area contributed by atoms with Crippen LogP contribution in [0.3, 0.4) is 0 Å². The van der Waals surface area contributed by atoms with Crippen LogP contribution in [0.5, 0.6) is 0 Å². The number of anilines is 1. The van der Waals surface area contributed by atoms with E-state index in [2.05, 4.69) is 25.9 Å². The third kappa shape index (κ3) is 3.44. The minimum Gasteiger partial charge on any atom is -0.382 e. The SMILES string of the molecule is C#CCCCn1c(Sc2nc3ccc(Cl)c(Cl)c3s2)nc2c(N)ncnc21. The molecule has 0 spiro atoms. The Morgan fingerprint density at radius 2 is 2.11 bits per heavy atom. The number of nitrogens with two attached hydrogens (primary N) is 1. The number of thiazole rings is 1. The first kappa shape index (κ1) is 18.3. The molecular formula is C17H12Cl2N6S2. The second-order valence-electron chi connectivity index (χ2n) is 5.58. The van der Waals surface area contributed by atoms with Crippen LogP contribution in [0.4, 0.5) is 5.82 Å². The fourth-order valence-corrected chi connectivity index (χ4v) is 5.18. The van der Waals surface area contributed by atoms with E-state index in [1.54, 1.807) is 6.07 Å². The maximum Gasteiger partial charge on any atom is 0.177 e. The van der Waals surface area contributed by atoms with Gasteiger partial charge in [-0.05, 0) is 30.3 Å². The highest BCUT2D eigenvalue weighted by Gasteiger charge is 2.18. The van der Waals surface area contributed by atoms with Crippen LogP contribution in [0.15, 0.2) is 28.0 Å². The summed E-state index contributed by atoms with van der Waals surface area (Å²) < 4.78 is 3.64. The zero-order chi connectivity index (χ0) is 19.0. The van der Waals surface area contributed by atoms with Crippen molar-refractivity contribution in [3.05, 3.63) is 28.5 Å². The second kappa shape index (κ2) is 7.52. The van der Waals surface area contributed by atoms with Crippen molar-refractivity contribution < 1.29 is 0 Å². The maximum atomic E-state index is 6.30. The number of hydrogen-bond donors (Lipinski definition) is 1. The standard InChI is InChI=1S/C17H12Cl2N6S2/c1-2-3-4-7-25-15-12(14(20)21-8-22-15)24-16(25)27-17-23-10-6-5-9(18)11(19)13(10)26-17/h1,5-6,8H,3-4,7H2,(H2,20,21,22). The average molecular weight is 435 g/mol. The van der Waals surface area contributed by atoms with E-state index in [9.17, 15) is 0 Å². The van der Waals surface area contributed by atoms with Crippen LogP contribution in [0.2, 0.25) is 10.0 Å². The van der Waals surface area contributed by atoms with Crippen molar-refractivity contribution >= 4 is 73.5 Å². The summed E-state index contributed by atoms with van der Waals surface area (Å²) >= 11 is 15.3. The van der Waals surface area contributed by atoms with Gasteiger partial charge < -0.3 is 10.3 Å². The van der Waals surface area contributed by atoms with Crippen LogP contribution < -0.4 is 5.73 Å². The highest BCUT2D eigenvalue weighted by Crippen LogP contribution is 2.40. The number of nitrogen functional groups attached to an aromatic ring is 1. The minimum atomic E-state index is 0.344. The Morgan fingerprint density at radius 3 is 2.93 bits per heavy atom. The van der Waals surface area contributed by atoms with Gasteiger partial charge in [0.25, 0.3) is 0 Å². The van der Waals surface area contributed by atoms with Gasteiger partial charge in [-0.25, -0.2) is 19.9 Å². The third-order valence-corrected chi connectivity index (χ3v) is 6.90. The number of nitrogens with zero attached hydrogens (tertiary/aromatic N) is 5. The van der Waals surface area contributed by atoms with Gasteiger partial charge in [0, 0.05) is 13.0 Å². The Kier molecular flexibility index (Phi) is 5.10. The monoisotopic (exact) mass is 434 g/mol. The molecule has 6 nitrogen and oxygen atoms in total. The Labute approximate surface area is 173 Å². The summed E-state index contributed by atoms with van der Waals surface area (Å²) in [6.07, 6.45) is 8.29. The molecule has 1 aromatic carbocycles. The molecule has 136 valence electrons. The average Bonchev–Trinajstić information content (AvgIpc) is 3.22. The number of terminal acetylenes is 1. The van der Waals surface area contributed by atoms with E-state index in [1.807, 2.05) is 10.6 Å². The van der Waals surface area contributed by atoms with Gasteiger partial charge in [-0.1, -0.05) is 23.2 Å². The van der Waals surface area contributed by atoms with Crippen molar-refractivity contribution in [2.75, 3.05) is 5.73 Å². The normalized spacial score (nSPS) is 11.3. The maximum absolute atomic E-state index is 6.30. The van der Waals surface area contributed by atoms with E-state index in [4.69, 9.17) is 35.4 Å². The first-order valence-corrected chi connectivity index (χ1v) is 10.3. The van der Waals surface area contributed by atoms with Crippen molar-refractivity contribution in [1.82, 2.24) is 24.5 Å². The Bertz CT molecular complexity index is 1190. The second-order valence-corrected chi connectivity index (χ2v) is 8.57. The van der Waals surface area contributed by atoms with Crippen LogP contribution in [0.25, 0.3) is 21.4 Å². The molecule has 0 atom stereocenters.